The second-order valence-corrected chi connectivity index (χ2v) is 6.87. The zero-order chi connectivity index (χ0) is 19.2. The largest absolute Gasteiger partial charge is 0.341 e. The van der Waals surface area contributed by atoms with Crippen LogP contribution in [0.1, 0.15) is 18.4 Å². The molecule has 6 heteroatoms. The van der Waals surface area contributed by atoms with Gasteiger partial charge in [0.2, 0.25) is 5.91 Å². The van der Waals surface area contributed by atoms with Gasteiger partial charge >= 0.3 is 6.03 Å². The highest BCUT2D eigenvalue weighted by molar-refractivity contribution is 5.90. The van der Waals surface area contributed by atoms with E-state index in [1.165, 1.54) is 6.07 Å². The summed E-state index contributed by atoms with van der Waals surface area (Å²) >= 11 is 0. The summed E-state index contributed by atoms with van der Waals surface area (Å²) in [5.41, 5.74) is 1.22. The third kappa shape index (κ3) is 4.84. The molecule has 0 saturated carbocycles. The average molecular weight is 369 g/mol. The Balaban J connectivity index is 1.59. The van der Waals surface area contributed by atoms with Gasteiger partial charge in [0.1, 0.15) is 5.82 Å². The monoisotopic (exact) mass is 369 g/mol. The van der Waals surface area contributed by atoms with Gasteiger partial charge in [-0.3, -0.25) is 4.79 Å². The number of anilines is 1. The van der Waals surface area contributed by atoms with Crippen LogP contribution >= 0.6 is 0 Å². The SMILES string of the molecule is CN(Cc1ccccc1F)C(=O)C1CCCN(C(=O)Nc2ccccc2)C1. The van der Waals surface area contributed by atoms with Gasteiger partial charge < -0.3 is 15.1 Å². The molecule has 3 rings (SSSR count). The molecule has 0 radical (unpaired) electrons. The van der Waals surface area contributed by atoms with Crippen LogP contribution in [-0.4, -0.2) is 41.9 Å². The molecule has 5 nitrogen and oxygen atoms in total. The molecule has 142 valence electrons. The highest BCUT2D eigenvalue weighted by Crippen LogP contribution is 2.21. The summed E-state index contributed by atoms with van der Waals surface area (Å²) in [7, 11) is 1.68. The topological polar surface area (TPSA) is 52.7 Å². The minimum Gasteiger partial charge on any atom is -0.341 e. The lowest BCUT2D eigenvalue weighted by atomic mass is 9.96. The Bertz CT molecular complexity index is 797. The minimum atomic E-state index is -0.315. The van der Waals surface area contributed by atoms with E-state index in [1.54, 1.807) is 35.0 Å². The number of para-hydroxylation sites is 1. The highest BCUT2D eigenvalue weighted by atomic mass is 19.1. The molecule has 1 fully saturated rings. The fourth-order valence-electron chi connectivity index (χ4n) is 3.36. The number of urea groups is 1. The first kappa shape index (κ1) is 18.9. The molecule has 2 aromatic rings. The van der Waals surface area contributed by atoms with Crippen LogP contribution in [0, 0.1) is 11.7 Å². The van der Waals surface area contributed by atoms with Crippen LogP contribution in [0.3, 0.4) is 0 Å². The van der Waals surface area contributed by atoms with Crippen molar-refractivity contribution in [3.63, 3.8) is 0 Å². The van der Waals surface area contributed by atoms with Gasteiger partial charge in [0.25, 0.3) is 0 Å². The molecule has 0 aliphatic carbocycles. The zero-order valence-corrected chi connectivity index (χ0v) is 15.4. The number of nitrogens with one attached hydrogen (secondary N) is 1. The molecule has 1 saturated heterocycles. The summed E-state index contributed by atoms with van der Waals surface area (Å²) in [6.07, 6.45) is 1.50. The van der Waals surface area contributed by atoms with Crippen molar-refractivity contribution in [2.75, 3.05) is 25.5 Å². The van der Waals surface area contributed by atoms with Crippen LogP contribution in [0.25, 0.3) is 0 Å². The van der Waals surface area contributed by atoms with Gasteiger partial charge in [-0.2, -0.15) is 0 Å². The van der Waals surface area contributed by atoms with E-state index < -0.39 is 0 Å². The Hall–Kier alpha value is -2.89. The molecule has 1 aliphatic heterocycles. The minimum absolute atomic E-state index is 0.0598. The predicted molar refractivity (Wildman–Crippen MR) is 103 cm³/mol. The van der Waals surface area contributed by atoms with Crippen molar-refractivity contribution in [3.05, 3.63) is 66.0 Å². The number of carbonyl (C=O) groups is 2. The normalized spacial score (nSPS) is 16.7. The Morgan fingerprint density at radius 1 is 1.15 bits per heavy atom. The average Bonchev–Trinajstić information content (AvgIpc) is 2.70. The van der Waals surface area contributed by atoms with Gasteiger partial charge in [0, 0.05) is 37.9 Å². The van der Waals surface area contributed by atoms with Crippen LogP contribution in [0.4, 0.5) is 14.9 Å². The quantitative estimate of drug-likeness (QED) is 0.893. The summed E-state index contributed by atoms with van der Waals surface area (Å²) < 4.78 is 13.8. The van der Waals surface area contributed by atoms with E-state index in [2.05, 4.69) is 5.32 Å². The molecule has 27 heavy (non-hydrogen) atoms. The second-order valence-electron chi connectivity index (χ2n) is 6.87. The highest BCUT2D eigenvalue weighted by Gasteiger charge is 2.30. The predicted octanol–water partition coefficient (Wildman–Crippen LogP) is 3.73. The van der Waals surface area contributed by atoms with E-state index in [1.807, 2.05) is 30.3 Å². The number of halogens is 1. The number of piperidine rings is 1. The van der Waals surface area contributed by atoms with Crippen molar-refractivity contribution in [1.82, 2.24) is 9.80 Å². The number of nitrogens with zero attached hydrogens (tertiary/aromatic N) is 2. The van der Waals surface area contributed by atoms with E-state index in [0.717, 1.165) is 18.5 Å². The van der Waals surface area contributed by atoms with Crippen molar-refractivity contribution in [3.8, 4) is 0 Å². The third-order valence-electron chi connectivity index (χ3n) is 4.82. The molecule has 0 aromatic heterocycles. The molecule has 1 heterocycles. The standard InChI is InChI=1S/C21H24FN3O2/c1-24(14-16-8-5-6-12-19(16)22)20(26)17-9-7-13-25(15-17)21(27)23-18-10-3-2-4-11-18/h2-6,8,10-12,17H,7,9,13-15H2,1H3,(H,23,27). The van der Waals surface area contributed by atoms with E-state index in [-0.39, 0.29) is 30.2 Å². The van der Waals surface area contributed by atoms with Crippen molar-refractivity contribution in [1.29, 1.82) is 0 Å². The first-order valence-electron chi connectivity index (χ1n) is 9.14. The van der Waals surface area contributed by atoms with Gasteiger partial charge in [-0.15, -0.1) is 0 Å². The molecule has 1 N–H and O–H groups in total. The maximum atomic E-state index is 13.8. The van der Waals surface area contributed by atoms with E-state index in [9.17, 15) is 14.0 Å². The van der Waals surface area contributed by atoms with Crippen molar-refractivity contribution < 1.29 is 14.0 Å². The van der Waals surface area contributed by atoms with Crippen LogP contribution in [-0.2, 0) is 11.3 Å². The molecule has 2 aromatic carbocycles. The maximum absolute atomic E-state index is 13.8. The summed E-state index contributed by atoms with van der Waals surface area (Å²) in [5.74, 6) is -0.642. The summed E-state index contributed by atoms with van der Waals surface area (Å²) in [5, 5.41) is 2.86. The van der Waals surface area contributed by atoms with Gasteiger partial charge in [-0.25, -0.2) is 9.18 Å². The number of likely N-dealkylation sites (tertiary alicyclic amines) is 1. The van der Waals surface area contributed by atoms with Crippen LogP contribution in [0.2, 0.25) is 0 Å². The number of hydrogen-bond acceptors (Lipinski definition) is 2. The van der Waals surface area contributed by atoms with Crippen LogP contribution in [0.15, 0.2) is 54.6 Å². The molecule has 1 unspecified atom stereocenters. The number of hydrogen-bond donors (Lipinski definition) is 1. The van der Waals surface area contributed by atoms with E-state index in [0.29, 0.717) is 18.7 Å². The fraction of sp³-hybridized carbons (Fsp3) is 0.333. The van der Waals surface area contributed by atoms with Crippen LogP contribution in [0.5, 0.6) is 0 Å². The van der Waals surface area contributed by atoms with Crippen molar-refractivity contribution in [2.45, 2.75) is 19.4 Å². The lowest BCUT2D eigenvalue weighted by Gasteiger charge is -2.34. The smallest absolute Gasteiger partial charge is 0.321 e. The summed E-state index contributed by atoms with van der Waals surface area (Å²) in [4.78, 5) is 28.5. The molecule has 1 atom stereocenters. The fourth-order valence-corrected chi connectivity index (χ4v) is 3.36. The lowest BCUT2D eigenvalue weighted by molar-refractivity contribution is -0.136. The number of amides is 3. The Morgan fingerprint density at radius 3 is 2.59 bits per heavy atom. The first-order valence-corrected chi connectivity index (χ1v) is 9.14. The summed E-state index contributed by atoms with van der Waals surface area (Å²) in [6, 6.07) is 15.5. The number of benzene rings is 2. The van der Waals surface area contributed by atoms with E-state index >= 15 is 0 Å². The Kier molecular flexibility index (Phi) is 6.06. The Labute approximate surface area is 158 Å². The zero-order valence-electron chi connectivity index (χ0n) is 15.4. The molecular weight excluding hydrogens is 345 g/mol. The van der Waals surface area contributed by atoms with E-state index in [4.69, 9.17) is 0 Å². The molecule has 1 aliphatic rings. The molecular formula is C21H24FN3O2. The van der Waals surface area contributed by atoms with Gasteiger partial charge in [0.05, 0.1) is 5.92 Å². The second kappa shape index (κ2) is 8.66. The Morgan fingerprint density at radius 2 is 1.85 bits per heavy atom. The summed E-state index contributed by atoms with van der Waals surface area (Å²) in [6.45, 7) is 1.22. The van der Waals surface area contributed by atoms with Crippen LogP contribution < -0.4 is 5.32 Å². The lowest BCUT2D eigenvalue weighted by Crippen LogP contribution is -2.47. The van der Waals surface area contributed by atoms with Gasteiger partial charge in [-0.05, 0) is 31.0 Å². The number of rotatable bonds is 4. The molecule has 0 bridgehead atoms. The molecule has 3 amide bonds. The van der Waals surface area contributed by atoms with Gasteiger partial charge in [-0.1, -0.05) is 36.4 Å². The third-order valence-corrected chi connectivity index (χ3v) is 4.82. The van der Waals surface area contributed by atoms with Gasteiger partial charge in [0.15, 0.2) is 0 Å². The van der Waals surface area contributed by atoms with Crippen molar-refractivity contribution >= 4 is 17.6 Å². The molecule has 0 spiro atoms. The maximum Gasteiger partial charge on any atom is 0.321 e. The first-order chi connectivity index (χ1) is 13.0. The number of carbonyl (C=O) groups excluding carboxylic acids is 2. The van der Waals surface area contributed by atoms with Crippen molar-refractivity contribution in [2.24, 2.45) is 5.92 Å².